The van der Waals surface area contributed by atoms with Crippen molar-refractivity contribution >= 4 is 5.97 Å². The molecule has 2 heteroatoms. The predicted molar refractivity (Wildman–Crippen MR) is 108 cm³/mol. The molecule has 2 aliphatic carbocycles. The van der Waals surface area contributed by atoms with Gasteiger partial charge in [-0.2, -0.15) is 0 Å². The third kappa shape index (κ3) is 5.11. The lowest BCUT2D eigenvalue weighted by molar-refractivity contribution is 0.0697. The number of carbonyl (C=O) groups is 1. The fraction of sp³-hybridized carbons (Fsp3) is 0.708. The van der Waals surface area contributed by atoms with Gasteiger partial charge in [-0.15, -0.1) is 0 Å². The van der Waals surface area contributed by atoms with Crippen molar-refractivity contribution in [1.29, 1.82) is 0 Å². The fourth-order valence-corrected chi connectivity index (χ4v) is 5.49. The number of carboxylic acid groups (broad SMARTS) is 1. The molecule has 0 radical (unpaired) electrons. The second kappa shape index (κ2) is 9.58. The maximum absolute atomic E-state index is 11.0. The molecule has 2 fully saturated rings. The summed E-state index contributed by atoms with van der Waals surface area (Å²) in [4.78, 5) is 11.0. The van der Waals surface area contributed by atoms with Gasteiger partial charge in [0.15, 0.2) is 0 Å². The number of carboxylic acids is 1. The molecule has 0 aliphatic heterocycles. The zero-order chi connectivity index (χ0) is 18.4. The molecule has 1 unspecified atom stereocenters. The van der Waals surface area contributed by atoms with Gasteiger partial charge in [0.25, 0.3) is 0 Å². The summed E-state index contributed by atoms with van der Waals surface area (Å²) in [7, 11) is 0. The van der Waals surface area contributed by atoms with E-state index in [4.69, 9.17) is 5.11 Å². The normalized spacial score (nSPS) is 28.5. The first-order valence-corrected chi connectivity index (χ1v) is 11.0. The Kier molecular flexibility index (Phi) is 7.16. The Balaban J connectivity index is 1.45. The highest BCUT2D eigenvalue weighted by molar-refractivity contribution is 5.87. The first kappa shape index (κ1) is 19.5. The monoisotopic (exact) mass is 356 g/mol. The van der Waals surface area contributed by atoms with Crippen LogP contribution in [0, 0.1) is 17.8 Å². The van der Waals surface area contributed by atoms with Gasteiger partial charge in [0, 0.05) is 0 Å². The zero-order valence-corrected chi connectivity index (χ0v) is 16.5. The molecule has 1 aromatic rings. The summed E-state index contributed by atoms with van der Waals surface area (Å²) in [6, 6.07) is 7.66. The topological polar surface area (TPSA) is 37.3 Å². The van der Waals surface area contributed by atoms with Crippen LogP contribution in [0.2, 0.25) is 0 Å². The zero-order valence-electron chi connectivity index (χ0n) is 16.5. The van der Waals surface area contributed by atoms with E-state index >= 15 is 0 Å². The van der Waals surface area contributed by atoms with Crippen LogP contribution in [0.1, 0.15) is 106 Å². The highest BCUT2D eigenvalue weighted by Gasteiger charge is 2.35. The molecule has 26 heavy (non-hydrogen) atoms. The molecule has 0 heterocycles. The summed E-state index contributed by atoms with van der Waals surface area (Å²) in [6.45, 7) is 2.29. The molecule has 0 aromatic heterocycles. The van der Waals surface area contributed by atoms with Gasteiger partial charge in [-0.05, 0) is 73.5 Å². The number of fused-ring (bicyclic) bond motifs is 1. The average Bonchev–Trinajstić information content (AvgIpc) is 2.67. The van der Waals surface area contributed by atoms with Gasteiger partial charge in [-0.3, -0.25) is 0 Å². The van der Waals surface area contributed by atoms with Crippen LogP contribution in [0.15, 0.2) is 24.3 Å². The van der Waals surface area contributed by atoms with Gasteiger partial charge in [-0.1, -0.05) is 64.0 Å². The Hall–Kier alpha value is -1.31. The summed E-state index contributed by atoms with van der Waals surface area (Å²) in [5.74, 6) is 2.67. The van der Waals surface area contributed by atoms with Crippen molar-refractivity contribution in [3.8, 4) is 0 Å². The van der Waals surface area contributed by atoms with Crippen LogP contribution < -0.4 is 0 Å². The minimum absolute atomic E-state index is 0.405. The maximum Gasteiger partial charge on any atom is 0.335 e. The minimum Gasteiger partial charge on any atom is -0.478 e. The van der Waals surface area contributed by atoms with Crippen LogP contribution in [-0.2, 0) is 0 Å². The number of hydrogen-bond acceptors (Lipinski definition) is 1. The Morgan fingerprint density at radius 1 is 0.923 bits per heavy atom. The average molecular weight is 357 g/mol. The van der Waals surface area contributed by atoms with E-state index in [1.807, 2.05) is 0 Å². The summed E-state index contributed by atoms with van der Waals surface area (Å²) < 4.78 is 0. The predicted octanol–water partition coefficient (Wildman–Crippen LogP) is 7.05. The largest absolute Gasteiger partial charge is 0.478 e. The molecular weight excluding hydrogens is 320 g/mol. The van der Waals surface area contributed by atoms with Crippen LogP contribution in [-0.4, -0.2) is 11.1 Å². The number of benzene rings is 1. The molecule has 2 aliphatic rings. The molecule has 0 amide bonds. The number of aromatic carboxylic acids is 1. The molecule has 4 atom stereocenters. The van der Waals surface area contributed by atoms with E-state index in [2.05, 4.69) is 19.1 Å². The smallest absolute Gasteiger partial charge is 0.335 e. The quantitative estimate of drug-likeness (QED) is 0.507. The van der Waals surface area contributed by atoms with E-state index in [0.29, 0.717) is 11.5 Å². The summed E-state index contributed by atoms with van der Waals surface area (Å²) in [5.41, 5.74) is 1.76. The molecule has 1 N–H and O–H groups in total. The lowest BCUT2D eigenvalue weighted by atomic mass is 9.63. The summed E-state index contributed by atoms with van der Waals surface area (Å²) in [6.07, 6.45) is 16.9. The van der Waals surface area contributed by atoms with Gasteiger partial charge in [0.1, 0.15) is 0 Å². The fourth-order valence-electron chi connectivity index (χ4n) is 5.49. The van der Waals surface area contributed by atoms with E-state index in [-0.39, 0.29) is 0 Å². The van der Waals surface area contributed by atoms with E-state index in [1.54, 1.807) is 12.1 Å². The van der Waals surface area contributed by atoms with Gasteiger partial charge < -0.3 is 5.11 Å². The van der Waals surface area contributed by atoms with E-state index < -0.39 is 5.97 Å². The SMILES string of the molecule is CCCCCCC[C@H]1CC[C@@H]2CC(c3ccc(C(=O)O)cc3)CC[C@H]2C1. The maximum atomic E-state index is 11.0. The lowest BCUT2D eigenvalue weighted by Crippen LogP contribution is -2.30. The van der Waals surface area contributed by atoms with Crippen molar-refractivity contribution in [2.45, 2.75) is 89.9 Å². The van der Waals surface area contributed by atoms with Crippen molar-refractivity contribution in [2.75, 3.05) is 0 Å². The first-order valence-electron chi connectivity index (χ1n) is 11.0. The van der Waals surface area contributed by atoms with Gasteiger partial charge in [0.05, 0.1) is 5.56 Å². The number of unbranched alkanes of at least 4 members (excludes halogenated alkanes) is 4. The van der Waals surface area contributed by atoms with Crippen molar-refractivity contribution in [3.05, 3.63) is 35.4 Å². The molecule has 144 valence electrons. The Morgan fingerprint density at radius 3 is 2.35 bits per heavy atom. The van der Waals surface area contributed by atoms with E-state index in [1.165, 1.54) is 82.6 Å². The Morgan fingerprint density at radius 2 is 1.62 bits per heavy atom. The molecule has 0 saturated heterocycles. The van der Waals surface area contributed by atoms with E-state index in [0.717, 1.165) is 17.8 Å². The molecule has 1 aromatic carbocycles. The second-order valence-electron chi connectivity index (χ2n) is 8.84. The van der Waals surface area contributed by atoms with Crippen LogP contribution in [0.25, 0.3) is 0 Å². The van der Waals surface area contributed by atoms with Gasteiger partial charge in [-0.25, -0.2) is 4.79 Å². The second-order valence-corrected chi connectivity index (χ2v) is 8.84. The van der Waals surface area contributed by atoms with Crippen LogP contribution in [0.3, 0.4) is 0 Å². The van der Waals surface area contributed by atoms with Crippen LogP contribution >= 0.6 is 0 Å². The van der Waals surface area contributed by atoms with Gasteiger partial charge in [0.2, 0.25) is 0 Å². The molecule has 0 spiro atoms. The highest BCUT2D eigenvalue weighted by Crippen LogP contribution is 2.48. The van der Waals surface area contributed by atoms with Crippen molar-refractivity contribution < 1.29 is 9.90 Å². The molecular formula is C24H36O2. The minimum atomic E-state index is -0.826. The van der Waals surface area contributed by atoms with Crippen molar-refractivity contribution in [1.82, 2.24) is 0 Å². The van der Waals surface area contributed by atoms with Crippen molar-refractivity contribution in [3.63, 3.8) is 0 Å². The number of rotatable bonds is 8. The Labute approximate surface area is 159 Å². The van der Waals surface area contributed by atoms with Crippen LogP contribution in [0.4, 0.5) is 0 Å². The molecule has 2 nitrogen and oxygen atoms in total. The summed E-state index contributed by atoms with van der Waals surface area (Å²) in [5, 5.41) is 9.07. The third-order valence-corrected chi connectivity index (χ3v) is 7.07. The third-order valence-electron chi connectivity index (χ3n) is 7.07. The van der Waals surface area contributed by atoms with E-state index in [9.17, 15) is 4.79 Å². The summed E-state index contributed by atoms with van der Waals surface area (Å²) >= 11 is 0. The molecule has 3 rings (SSSR count). The highest BCUT2D eigenvalue weighted by atomic mass is 16.4. The Bertz CT molecular complexity index is 562. The first-order chi connectivity index (χ1) is 12.7. The number of hydrogen-bond donors (Lipinski definition) is 1. The molecule has 0 bridgehead atoms. The molecule has 2 saturated carbocycles. The lowest BCUT2D eigenvalue weighted by Gasteiger charge is -2.42. The van der Waals surface area contributed by atoms with Crippen LogP contribution in [0.5, 0.6) is 0 Å². The standard InChI is InChI=1S/C24H36O2/c1-2-3-4-5-6-7-18-8-9-23-17-22(15-14-21(23)16-18)19-10-12-20(13-11-19)24(25)26/h10-13,18,21-23H,2-9,14-17H2,1H3,(H,25,26)/t18-,21-,22?,23+/m0/s1. The van der Waals surface area contributed by atoms with Gasteiger partial charge >= 0.3 is 5.97 Å². The van der Waals surface area contributed by atoms with Crippen molar-refractivity contribution in [2.24, 2.45) is 17.8 Å².